The minimum Gasteiger partial charge on any atom is -0.497 e. The number of methoxy groups -OCH3 is 1. The number of hydrogen-bond acceptors (Lipinski definition) is 2. The van der Waals surface area contributed by atoms with E-state index < -0.39 is 0 Å². The fraction of sp³-hybridized carbons (Fsp3) is 0.320. The SMILES string of the molecule is C=C(/C=C/c1cccc(N(Cc2ccc(Br)cc2)C(=O)C2CCCCC2)c1)OC. The van der Waals surface area contributed by atoms with Crippen LogP contribution < -0.4 is 4.90 Å². The molecule has 1 aliphatic carbocycles. The molecule has 3 nitrogen and oxygen atoms in total. The highest BCUT2D eigenvalue weighted by atomic mass is 79.9. The van der Waals surface area contributed by atoms with Crippen LogP contribution in [-0.2, 0) is 16.1 Å². The predicted molar refractivity (Wildman–Crippen MR) is 124 cm³/mol. The van der Waals surface area contributed by atoms with E-state index in [-0.39, 0.29) is 11.8 Å². The lowest BCUT2D eigenvalue weighted by Gasteiger charge is -2.30. The molecule has 0 aliphatic heterocycles. The Kier molecular flexibility index (Phi) is 7.70. The van der Waals surface area contributed by atoms with Crippen LogP contribution >= 0.6 is 15.9 Å². The van der Waals surface area contributed by atoms with E-state index in [2.05, 4.69) is 40.7 Å². The molecule has 0 atom stereocenters. The second-order valence-electron chi connectivity index (χ2n) is 7.48. The number of carbonyl (C=O) groups excluding carboxylic acids is 1. The van der Waals surface area contributed by atoms with Crippen LogP contribution in [0.5, 0.6) is 0 Å². The van der Waals surface area contributed by atoms with Crippen LogP contribution in [0.4, 0.5) is 5.69 Å². The Balaban J connectivity index is 1.89. The van der Waals surface area contributed by atoms with E-state index >= 15 is 0 Å². The molecule has 29 heavy (non-hydrogen) atoms. The van der Waals surface area contributed by atoms with Gasteiger partial charge >= 0.3 is 0 Å². The zero-order valence-corrected chi connectivity index (χ0v) is 18.5. The number of nitrogens with zero attached hydrogens (tertiary/aromatic N) is 1. The topological polar surface area (TPSA) is 29.5 Å². The number of benzene rings is 2. The van der Waals surface area contributed by atoms with Crippen LogP contribution in [-0.4, -0.2) is 13.0 Å². The largest absolute Gasteiger partial charge is 0.497 e. The Morgan fingerprint density at radius 2 is 1.90 bits per heavy atom. The minimum atomic E-state index is 0.117. The van der Waals surface area contributed by atoms with Crippen LogP contribution in [0.2, 0.25) is 0 Å². The summed E-state index contributed by atoms with van der Waals surface area (Å²) in [4.78, 5) is 15.4. The van der Waals surface area contributed by atoms with Gasteiger partial charge in [0.25, 0.3) is 0 Å². The van der Waals surface area contributed by atoms with Gasteiger partial charge in [-0.1, -0.05) is 72.1 Å². The Bertz CT molecular complexity index is 867. The number of carbonyl (C=O) groups is 1. The molecule has 0 aromatic heterocycles. The van der Waals surface area contributed by atoms with Crippen molar-refractivity contribution in [3.05, 3.63) is 82.5 Å². The van der Waals surface area contributed by atoms with E-state index in [1.165, 1.54) is 6.42 Å². The first-order valence-corrected chi connectivity index (χ1v) is 10.9. The summed E-state index contributed by atoms with van der Waals surface area (Å²) in [5.41, 5.74) is 3.05. The summed E-state index contributed by atoms with van der Waals surface area (Å²) in [6.07, 6.45) is 9.29. The van der Waals surface area contributed by atoms with E-state index in [1.54, 1.807) is 7.11 Å². The first-order valence-electron chi connectivity index (χ1n) is 10.1. The molecule has 3 rings (SSSR count). The van der Waals surface area contributed by atoms with Crippen molar-refractivity contribution in [3.8, 4) is 0 Å². The van der Waals surface area contributed by atoms with E-state index in [1.807, 2.05) is 47.4 Å². The van der Waals surface area contributed by atoms with Crippen molar-refractivity contribution in [2.75, 3.05) is 12.0 Å². The summed E-state index contributed by atoms with van der Waals surface area (Å²) in [6.45, 7) is 4.39. The lowest BCUT2D eigenvalue weighted by molar-refractivity contribution is -0.123. The molecule has 0 N–H and O–H groups in total. The molecule has 0 radical (unpaired) electrons. The Morgan fingerprint density at radius 1 is 1.17 bits per heavy atom. The third-order valence-corrected chi connectivity index (χ3v) is 5.91. The van der Waals surface area contributed by atoms with E-state index in [0.717, 1.165) is 47.0 Å². The molecule has 0 unspecified atom stereocenters. The molecule has 0 spiro atoms. The molecular formula is C25H28BrNO2. The van der Waals surface area contributed by atoms with Gasteiger partial charge in [-0.05, 0) is 54.3 Å². The summed E-state index contributed by atoms with van der Waals surface area (Å²) in [7, 11) is 1.60. The third-order valence-electron chi connectivity index (χ3n) is 5.38. The van der Waals surface area contributed by atoms with Gasteiger partial charge in [0.2, 0.25) is 5.91 Å². The van der Waals surface area contributed by atoms with Gasteiger partial charge in [0.15, 0.2) is 0 Å². The second kappa shape index (κ2) is 10.4. The Morgan fingerprint density at radius 3 is 2.59 bits per heavy atom. The highest BCUT2D eigenvalue weighted by Crippen LogP contribution is 2.29. The van der Waals surface area contributed by atoms with Crippen molar-refractivity contribution >= 4 is 33.6 Å². The lowest BCUT2D eigenvalue weighted by atomic mass is 9.88. The summed E-state index contributed by atoms with van der Waals surface area (Å²) in [5.74, 6) is 0.946. The maximum atomic E-state index is 13.5. The fourth-order valence-electron chi connectivity index (χ4n) is 3.69. The normalized spacial score (nSPS) is 14.7. The molecule has 1 aliphatic rings. The quantitative estimate of drug-likeness (QED) is 0.343. The van der Waals surface area contributed by atoms with Crippen LogP contribution in [0, 0.1) is 5.92 Å². The van der Waals surface area contributed by atoms with Crippen molar-refractivity contribution in [2.24, 2.45) is 5.92 Å². The van der Waals surface area contributed by atoms with Crippen molar-refractivity contribution in [3.63, 3.8) is 0 Å². The van der Waals surface area contributed by atoms with E-state index in [0.29, 0.717) is 12.3 Å². The molecule has 2 aromatic carbocycles. The molecule has 1 saturated carbocycles. The molecule has 1 amide bonds. The van der Waals surface area contributed by atoms with Gasteiger partial charge in [-0.3, -0.25) is 4.79 Å². The van der Waals surface area contributed by atoms with Gasteiger partial charge < -0.3 is 9.64 Å². The summed E-state index contributed by atoms with van der Waals surface area (Å²) < 4.78 is 6.14. The van der Waals surface area contributed by atoms with E-state index in [4.69, 9.17) is 4.74 Å². The zero-order valence-electron chi connectivity index (χ0n) is 16.9. The van der Waals surface area contributed by atoms with Gasteiger partial charge in [0.1, 0.15) is 5.76 Å². The van der Waals surface area contributed by atoms with Crippen LogP contribution in [0.15, 0.2) is 71.4 Å². The highest BCUT2D eigenvalue weighted by Gasteiger charge is 2.27. The van der Waals surface area contributed by atoms with Crippen molar-refractivity contribution < 1.29 is 9.53 Å². The summed E-state index contributed by atoms with van der Waals surface area (Å²) in [6, 6.07) is 16.3. The van der Waals surface area contributed by atoms with Crippen molar-refractivity contribution in [1.82, 2.24) is 0 Å². The average molecular weight is 454 g/mol. The standard InChI is InChI=1S/C25H28BrNO2/c1-19(29-2)11-12-20-7-6-10-24(17-20)27(18-21-13-15-23(26)16-14-21)25(28)22-8-4-3-5-9-22/h6-7,10-17,22H,1,3-5,8-9,18H2,2H3/b12-11+. The molecule has 2 aromatic rings. The minimum absolute atomic E-state index is 0.117. The van der Waals surface area contributed by atoms with Gasteiger partial charge in [-0.25, -0.2) is 0 Å². The molecular weight excluding hydrogens is 426 g/mol. The summed E-state index contributed by atoms with van der Waals surface area (Å²) in [5, 5.41) is 0. The third kappa shape index (κ3) is 6.07. The molecule has 0 bridgehead atoms. The van der Waals surface area contributed by atoms with Gasteiger partial charge in [0, 0.05) is 16.1 Å². The van der Waals surface area contributed by atoms with Gasteiger partial charge in [-0.15, -0.1) is 0 Å². The van der Waals surface area contributed by atoms with E-state index in [9.17, 15) is 4.79 Å². The highest BCUT2D eigenvalue weighted by molar-refractivity contribution is 9.10. The first kappa shape index (κ1) is 21.4. The fourth-order valence-corrected chi connectivity index (χ4v) is 3.96. The maximum Gasteiger partial charge on any atom is 0.230 e. The number of amides is 1. The number of hydrogen-bond donors (Lipinski definition) is 0. The summed E-state index contributed by atoms with van der Waals surface area (Å²) >= 11 is 3.49. The van der Waals surface area contributed by atoms with Crippen molar-refractivity contribution in [1.29, 1.82) is 0 Å². The molecule has 152 valence electrons. The Hall–Kier alpha value is -2.33. The number of rotatable bonds is 7. The lowest BCUT2D eigenvalue weighted by Crippen LogP contribution is -2.36. The monoisotopic (exact) mass is 453 g/mol. The number of ether oxygens (including phenoxy) is 1. The second-order valence-corrected chi connectivity index (χ2v) is 8.40. The van der Waals surface area contributed by atoms with Crippen LogP contribution in [0.3, 0.4) is 0 Å². The maximum absolute atomic E-state index is 13.5. The molecule has 0 heterocycles. The first-order chi connectivity index (χ1) is 14.1. The van der Waals surface area contributed by atoms with Crippen LogP contribution in [0.1, 0.15) is 43.2 Å². The molecule has 0 saturated heterocycles. The van der Waals surface area contributed by atoms with Gasteiger partial charge in [-0.2, -0.15) is 0 Å². The Labute approximate surface area is 182 Å². The smallest absolute Gasteiger partial charge is 0.230 e. The number of halogens is 1. The number of allylic oxidation sites excluding steroid dienone is 1. The zero-order chi connectivity index (χ0) is 20.6. The molecule has 4 heteroatoms. The predicted octanol–water partition coefficient (Wildman–Crippen LogP) is 6.74. The van der Waals surface area contributed by atoms with Gasteiger partial charge in [0.05, 0.1) is 13.7 Å². The molecule has 1 fully saturated rings. The average Bonchev–Trinajstić information content (AvgIpc) is 2.77. The van der Waals surface area contributed by atoms with Crippen LogP contribution in [0.25, 0.3) is 6.08 Å². The number of anilines is 1. The van der Waals surface area contributed by atoms with Crippen molar-refractivity contribution in [2.45, 2.75) is 38.6 Å².